The van der Waals surface area contributed by atoms with Crippen LogP contribution in [0, 0.1) is 17.1 Å². The highest BCUT2D eigenvalue weighted by molar-refractivity contribution is 5.90. The van der Waals surface area contributed by atoms with Crippen LogP contribution in [0.15, 0.2) is 72.1 Å². The molecule has 0 spiro atoms. The highest BCUT2D eigenvalue weighted by Gasteiger charge is 2.31. The zero-order valence-corrected chi connectivity index (χ0v) is 12.7. The van der Waals surface area contributed by atoms with Gasteiger partial charge < -0.3 is 10.5 Å². The lowest BCUT2D eigenvalue weighted by Crippen LogP contribution is -2.21. The molecule has 0 unspecified atom stereocenters. The van der Waals surface area contributed by atoms with Crippen LogP contribution in [0.3, 0.4) is 0 Å². The minimum absolute atomic E-state index is 0.0932. The molecule has 3 nitrogen and oxygen atoms in total. The van der Waals surface area contributed by atoms with Gasteiger partial charge in [-0.2, -0.15) is 5.26 Å². The van der Waals surface area contributed by atoms with E-state index in [0.717, 1.165) is 21.9 Å². The molecule has 0 radical (unpaired) electrons. The number of fused-ring (bicyclic) bond motifs is 3. The fraction of sp³-hybridized carbons (Fsp3) is 0.0500. The van der Waals surface area contributed by atoms with Crippen LogP contribution in [0.5, 0.6) is 5.75 Å². The Hall–Kier alpha value is -3.32. The van der Waals surface area contributed by atoms with Crippen LogP contribution in [0.2, 0.25) is 0 Å². The van der Waals surface area contributed by atoms with Gasteiger partial charge >= 0.3 is 0 Å². The Morgan fingerprint density at radius 1 is 1.00 bits per heavy atom. The van der Waals surface area contributed by atoms with Crippen molar-refractivity contribution in [1.29, 1.82) is 5.26 Å². The minimum Gasteiger partial charge on any atom is -0.440 e. The average molecular weight is 316 g/mol. The molecule has 4 rings (SSSR count). The summed E-state index contributed by atoms with van der Waals surface area (Å²) in [6.07, 6.45) is 0. The van der Waals surface area contributed by atoms with Gasteiger partial charge in [0.05, 0.1) is 5.92 Å². The van der Waals surface area contributed by atoms with Crippen LogP contribution in [0.1, 0.15) is 17.0 Å². The highest BCUT2D eigenvalue weighted by atomic mass is 19.1. The first-order chi connectivity index (χ1) is 11.7. The topological polar surface area (TPSA) is 59.0 Å². The second-order valence-electron chi connectivity index (χ2n) is 5.68. The van der Waals surface area contributed by atoms with Crippen LogP contribution in [0.25, 0.3) is 10.8 Å². The van der Waals surface area contributed by atoms with E-state index in [1.807, 2.05) is 36.4 Å². The smallest absolute Gasteiger partial charge is 0.205 e. The average Bonchev–Trinajstić information content (AvgIpc) is 2.61. The Balaban J connectivity index is 2.00. The summed E-state index contributed by atoms with van der Waals surface area (Å²) in [5, 5.41) is 11.5. The summed E-state index contributed by atoms with van der Waals surface area (Å²) in [6.45, 7) is 0. The van der Waals surface area contributed by atoms with Crippen molar-refractivity contribution in [3.05, 3.63) is 89.1 Å². The van der Waals surface area contributed by atoms with E-state index in [9.17, 15) is 9.65 Å². The van der Waals surface area contributed by atoms with Crippen LogP contribution in [0.4, 0.5) is 4.39 Å². The Morgan fingerprint density at radius 2 is 1.75 bits per heavy atom. The molecule has 1 aliphatic heterocycles. The number of rotatable bonds is 1. The molecule has 0 bridgehead atoms. The van der Waals surface area contributed by atoms with Crippen molar-refractivity contribution in [1.82, 2.24) is 0 Å². The maximum absolute atomic E-state index is 13.3. The number of benzene rings is 3. The lowest BCUT2D eigenvalue weighted by Gasteiger charge is -2.27. The second-order valence-corrected chi connectivity index (χ2v) is 5.68. The molecule has 0 aromatic heterocycles. The molecule has 3 aromatic rings. The van der Waals surface area contributed by atoms with Gasteiger partial charge in [-0.05, 0) is 23.1 Å². The molecule has 1 heterocycles. The van der Waals surface area contributed by atoms with Gasteiger partial charge in [0.1, 0.15) is 23.2 Å². The van der Waals surface area contributed by atoms with E-state index in [0.29, 0.717) is 11.3 Å². The quantitative estimate of drug-likeness (QED) is 0.732. The maximum Gasteiger partial charge on any atom is 0.205 e. The van der Waals surface area contributed by atoms with Crippen molar-refractivity contribution in [3.63, 3.8) is 0 Å². The van der Waals surface area contributed by atoms with Crippen molar-refractivity contribution in [2.24, 2.45) is 5.73 Å². The molecule has 1 aliphatic rings. The Kier molecular flexibility index (Phi) is 3.21. The number of allylic oxidation sites excluding steroid dienone is 1. The Morgan fingerprint density at radius 3 is 2.50 bits per heavy atom. The minimum atomic E-state index is -0.371. The molecule has 0 saturated heterocycles. The van der Waals surface area contributed by atoms with Crippen molar-refractivity contribution >= 4 is 10.8 Å². The van der Waals surface area contributed by atoms with E-state index in [4.69, 9.17) is 10.5 Å². The molecule has 4 heteroatoms. The molecule has 0 fully saturated rings. The van der Waals surface area contributed by atoms with Gasteiger partial charge in [-0.1, -0.05) is 48.5 Å². The van der Waals surface area contributed by atoms with E-state index in [2.05, 4.69) is 6.07 Å². The molecule has 1 atom stereocenters. The number of nitrogens with two attached hydrogens (primary N) is 1. The normalized spacial score (nSPS) is 16.4. The summed E-state index contributed by atoms with van der Waals surface area (Å²) in [6, 6.07) is 20.0. The predicted molar refractivity (Wildman–Crippen MR) is 89.6 cm³/mol. The zero-order chi connectivity index (χ0) is 16.7. The first-order valence-electron chi connectivity index (χ1n) is 7.53. The summed E-state index contributed by atoms with van der Waals surface area (Å²) in [5.74, 6) is 0.0542. The number of nitrogens with zero attached hydrogens (tertiary/aromatic N) is 1. The van der Waals surface area contributed by atoms with Crippen molar-refractivity contribution in [2.75, 3.05) is 0 Å². The van der Waals surface area contributed by atoms with Gasteiger partial charge in [-0.15, -0.1) is 0 Å². The van der Waals surface area contributed by atoms with E-state index < -0.39 is 0 Å². The first kappa shape index (κ1) is 14.3. The van der Waals surface area contributed by atoms with Gasteiger partial charge in [0.25, 0.3) is 0 Å². The maximum atomic E-state index is 13.3. The number of ether oxygens (including phenoxy) is 1. The molecule has 0 amide bonds. The van der Waals surface area contributed by atoms with Crippen LogP contribution in [-0.4, -0.2) is 0 Å². The van der Waals surface area contributed by atoms with Gasteiger partial charge in [0.2, 0.25) is 5.88 Å². The molecular weight excluding hydrogens is 303 g/mol. The van der Waals surface area contributed by atoms with E-state index in [-0.39, 0.29) is 17.6 Å². The van der Waals surface area contributed by atoms with E-state index in [1.165, 1.54) is 12.1 Å². The van der Waals surface area contributed by atoms with Gasteiger partial charge in [0.15, 0.2) is 0 Å². The fourth-order valence-electron chi connectivity index (χ4n) is 3.18. The Labute approximate surface area is 138 Å². The molecule has 24 heavy (non-hydrogen) atoms. The number of hydrogen-bond acceptors (Lipinski definition) is 3. The number of halogens is 1. The fourth-order valence-corrected chi connectivity index (χ4v) is 3.18. The lowest BCUT2D eigenvalue weighted by molar-refractivity contribution is 0.398. The summed E-state index contributed by atoms with van der Waals surface area (Å²) >= 11 is 0. The number of hydrogen-bond donors (Lipinski definition) is 1. The van der Waals surface area contributed by atoms with Crippen LogP contribution >= 0.6 is 0 Å². The van der Waals surface area contributed by atoms with Gasteiger partial charge in [-0.25, -0.2) is 4.39 Å². The summed E-state index contributed by atoms with van der Waals surface area (Å²) in [7, 11) is 0. The van der Waals surface area contributed by atoms with E-state index in [1.54, 1.807) is 12.1 Å². The van der Waals surface area contributed by atoms with Crippen molar-refractivity contribution < 1.29 is 9.13 Å². The van der Waals surface area contributed by atoms with Crippen molar-refractivity contribution in [2.45, 2.75) is 5.92 Å². The van der Waals surface area contributed by atoms with Crippen LogP contribution in [-0.2, 0) is 0 Å². The monoisotopic (exact) mass is 316 g/mol. The second kappa shape index (κ2) is 5.39. The third-order valence-corrected chi connectivity index (χ3v) is 4.31. The molecular formula is C20H13FN2O. The van der Waals surface area contributed by atoms with Crippen molar-refractivity contribution in [3.8, 4) is 11.8 Å². The van der Waals surface area contributed by atoms with E-state index >= 15 is 0 Å². The molecule has 116 valence electrons. The third-order valence-electron chi connectivity index (χ3n) is 4.31. The zero-order valence-electron chi connectivity index (χ0n) is 12.7. The standard InChI is InChI=1S/C20H13FN2O/c21-14-8-5-13(6-9-14)18-16-10-7-12-3-1-2-4-15(12)19(16)24-20(23)17(18)11-22/h1-10,18H,23H2/t18-/m1/s1. The largest absolute Gasteiger partial charge is 0.440 e. The summed E-state index contributed by atoms with van der Waals surface area (Å²) in [4.78, 5) is 0. The molecule has 2 N–H and O–H groups in total. The number of nitriles is 1. The van der Waals surface area contributed by atoms with Crippen LogP contribution < -0.4 is 10.5 Å². The lowest BCUT2D eigenvalue weighted by atomic mass is 9.82. The predicted octanol–water partition coefficient (Wildman–Crippen LogP) is 4.20. The molecule has 3 aromatic carbocycles. The highest BCUT2D eigenvalue weighted by Crippen LogP contribution is 2.45. The SMILES string of the molecule is N#CC1=C(N)Oc2c(ccc3ccccc23)[C@H]1c1ccc(F)cc1. The molecule has 0 saturated carbocycles. The summed E-state index contributed by atoms with van der Waals surface area (Å²) < 4.78 is 19.1. The van der Waals surface area contributed by atoms with Gasteiger partial charge in [-0.3, -0.25) is 0 Å². The summed E-state index contributed by atoms with van der Waals surface area (Å²) in [5.41, 5.74) is 8.01. The third kappa shape index (κ3) is 2.10. The molecule has 0 aliphatic carbocycles. The Bertz CT molecular complexity index is 1020. The van der Waals surface area contributed by atoms with Gasteiger partial charge in [0, 0.05) is 10.9 Å². The first-order valence-corrected chi connectivity index (χ1v) is 7.53.